The summed E-state index contributed by atoms with van der Waals surface area (Å²) in [5.41, 5.74) is 2.56. The maximum atomic E-state index is 12.0. The molecule has 1 amide bonds. The lowest BCUT2D eigenvalue weighted by Crippen LogP contribution is -2.27. The lowest BCUT2D eigenvalue weighted by molar-refractivity contribution is -0.122. The van der Waals surface area contributed by atoms with Crippen molar-refractivity contribution in [1.82, 2.24) is 19.9 Å². The minimum atomic E-state index is -0.133. The number of benzene rings is 1. The monoisotopic (exact) mass is 330 g/mol. The molecule has 3 aromatic rings. The number of nitrogens with zero attached hydrogens (tertiary/aromatic N) is 3. The zero-order valence-corrected chi connectivity index (χ0v) is 13.6. The quantitative estimate of drug-likeness (QED) is 0.676. The summed E-state index contributed by atoms with van der Waals surface area (Å²) in [6, 6.07) is 9.47. The number of rotatable bonds is 7. The van der Waals surface area contributed by atoms with Crippen molar-refractivity contribution in [2.75, 3.05) is 6.61 Å². The molecule has 6 nitrogen and oxygen atoms in total. The highest BCUT2D eigenvalue weighted by Gasteiger charge is 2.13. The van der Waals surface area contributed by atoms with Gasteiger partial charge < -0.3 is 10.1 Å². The lowest BCUT2D eigenvalue weighted by Gasteiger charge is -2.11. The average molecular weight is 330 g/mol. The van der Waals surface area contributed by atoms with E-state index in [0.29, 0.717) is 19.4 Å². The van der Waals surface area contributed by atoms with Crippen molar-refractivity contribution < 1.29 is 9.53 Å². The summed E-state index contributed by atoms with van der Waals surface area (Å²) in [6.45, 7) is 2.45. The van der Waals surface area contributed by atoms with Crippen molar-refractivity contribution >= 4 is 22.2 Å². The fourth-order valence-electron chi connectivity index (χ4n) is 2.19. The van der Waals surface area contributed by atoms with Gasteiger partial charge in [-0.2, -0.15) is 5.10 Å². The zero-order chi connectivity index (χ0) is 16.1. The molecular formula is C16H18N4O2S. The molecule has 0 aliphatic rings. The molecule has 1 atom stereocenters. The molecule has 1 aromatic carbocycles. The van der Waals surface area contributed by atoms with Crippen molar-refractivity contribution in [3.8, 4) is 5.75 Å². The molecular weight excluding hydrogens is 312 g/mol. The summed E-state index contributed by atoms with van der Waals surface area (Å²) in [5, 5.41) is 7.09. The summed E-state index contributed by atoms with van der Waals surface area (Å²) in [7, 11) is 0. The molecule has 0 bridgehead atoms. The van der Waals surface area contributed by atoms with Gasteiger partial charge in [-0.1, -0.05) is 29.5 Å². The normalized spacial score (nSPS) is 12.2. The maximum Gasteiger partial charge on any atom is 0.220 e. The van der Waals surface area contributed by atoms with Crippen LogP contribution < -0.4 is 10.1 Å². The van der Waals surface area contributed by atoms with Crippen molar-refractivity contribution in [2.45, 2.75) is 25.8 Å². The van der Waals surface area contributed by atoms with Crippen LogP contribution in [0.4, 0.5) is 0 Å². The first-order valence-electron chi connectivity index (χ1n) is 7.48. The smallest absolute Gasteiger partial charge is 0.220 e. The fourth-order valence-corrected chi connectivity index (χ4v) is 2.80. The molecule has 0 aliphatic heterocycles. The minimum absolute atomic E-state index is 0.00141. The molecule has 23 heavy (non-hydrogen) atoms. The largest absolute Gasteiger partial charge is 0.494 e. The van der Waals surface area contributed by atoms with E-state index in [9.17, 15) is 4.79 Å². The van der Waals surface area contributed by atoms with Crippen LogP contribution in [0.25, 0.3) is 4.96 Å². The van der Waals surface area contributed by atoms with Crippen LogP contribution in [0.2, 0.25) is 0 Å². The van der Waals surface area contributed by atoms with E-state index in [1.54, 1.807) is 10.0 Å². The molecule has 0 saturated carbocycles. The molecule has 3 rings (SSSR count). The van der Waals surface area contributed by atoms with Crippen molar-refractivity contribution in [3.63, 3.8) is 0 Å². The Balaban J connectivity index is 1.41. The standard InChI is InChI=1S/C16H18N4O2S/c1-12(14-10-20-16(19-14)23-11-17-20)18-15(21)8-5-9-22-13-6-3-2-4-7-13/h2-4,6-7,10-12H,5,8-9H2,1H3,(H,18,21). The number of fused-ring (bicyclic) bond motifs is 1. The third-order valence-electron chi connectivity index (χ3n) is 3.39. The number of imidazole rings is 1. The van der Waals surface area contributed by atoms with Crippen LogP contribution in [-0.4, -0.2) is 27.1 Å². The third kappa shape index (κ3) is 4.07. The number of para-hydroxylation sites is 1. The van der Waals surface area contributed by atoms with Gasteiger partial charge in [0.15, 0.2) is 0 Å². The van der Waals surface area contributed by atoms with Crippen molar-refractivity contribution in [1.29, 1.82) is 0 Å². The van der Waals surface area contributed by atoms with Crippen molar-refractivity contribution in [3.05, 3.63) is 47.7 Å². The van der Waals surface area contributed by atoms with Gasteiger partial charge in [0.25, 0.3) is 0 Å². The number of ether oxygens (including phenoxy) is 1. The predicted octanol–water partition coefficient (Wildman–Crippen LogP) is 2.83. The van der Waals surface area contributed by atoms with Gasteiger partial charge in [-0.3, -0.25) is 4.79 Å². The van der Waals surface area contributed by atoms with E-state index in [2.05, 4.69) is 15.4 Å². The second kappa shape index (κ2) is 7.23. The fraction of sp³-hybridized carbons (Fsp3) is 0.312. The summed E-state index contributed by atoms with van der Waals surface area (Å²) >= 11 is 1.47. The van der Waals surface area contributed by atoms with Gasteiger partial charge in [-0.25, -0.2) is 9.50 Å². The number of hydrogen-bond acceptors (Lipinski definition) is 5. The minimum Gasteiger partial charge on any atom is -0.494 e. The molecule has 1 N–H and O–H groups in total. The van der Waals surface area contributed by atoms with E-state index in [1.165, 1.54) is 11.3 Å². The number of nitrogens with one attached hydrogen (secondary N) is 1. The third-order valence-corrected chi connectivity index (χ3v) is 4.08. The lowest BCUT2D eigenvalue weighted by atomic mass is 10.2. The number of hydrogen-bond donors (Lipinski definition) is 1. The number of amides is 1. The highest BCUT2D eigenvalue weighted by Crippen LogP contribution is 2.15. The summed E-state index contributed by atoms with van der Waals surface area (Å²) in [5.74, 6) is 0.824. The van der Waals surface area contributed by atoms with Gasteiger partial charge in [0.1, 0.15) is 11.3 Å². The summed E-state index contributed by atoms with van der Waals surface area (Å²) < 4.78 is 7.29. The van der Waals surface area contributed by atoms with Gasteiger partial charge in [0.05, 0.1) is 24.5 Å². The van der Waals surface area contributed by atoms with E-state index < -0.39 is 0 Å². The van der Waals surface area contributed by atoms with E-state index >= 15 is 0 Å². The first-order chi connectivity index (χ1) is 11.2. The van der Waals surface area contributed by atoms with E-state index in [4.69, 9.17) is 4.74 Å². The molecule has 1 unspecified atom stereocenters. The van der Waals surface area contributed by atoms with Crippen LogP contribution in [-0.2, 0) is 4.79 Å². The Hall–Kier alpha value is -2.41. The molecule has 0 spiro atoms. The SMILES string of the molecule is CC(NC(=O)CCCOc1ccccc1)c1cn2ncsc2n1. The first-order valence-corrected chi connectivity index (χ1v) is 8.36. The van der Waals surface area contributed by atoms with E-state index in [-0.39, 0.29) is 11.9 Å². The van der Waals surface area contributed by atoms with Crippen LogP contribution in [0.15, 0.2) is 42.0 Å². The van der Waals surface area contributed by atoms with Gasteiger partial charge in [0.2, 0.25) is 10.9 Å². The Labute approximate surface area is 138 Å². The molecule has 0 fully saturated rings. The Morgan fingerprint density at radius 3 is 3.00 bits per heavy atom. The average Bonchev–Trinajstić information content (AvgIpc) is 3.14. The molecule has 2 aromatic heterocycles. The molecule has 0 aliphatic carbocycles. The molecule has 120 valence electrons. The second-order valence-corrected chi connectivity index (χ2v) is 6.00. The first kappa shape index (κ1) is 15.5. The number of carbonyl (C=O) groups excluding carboxylic acids is 1. The van der Waals surface area contributed by atoms with Crippen molar-refractivity contribution in [2.24, 2.45) is 0 Å². The van der Waals surface area contributed by atoms with Crippen LogP contribution >= 0.6 is 11.3 Å². The Kier molecular flexibility index (Phi) is 4.87. The van der Waals surface area contributed by atoms with Gasteiger partial charge in [-0.15, -0.1) is 0 Å². The molecule has 0 radical (unpaired) electrons. The Bertz CT molecular complexity index is 740. The molecule has 7 heteroatoms. The summed E-state index contributed by atoms with van der Waals surface area (Å²) in [4.78, 5) is 17.2. The van der Waals surface area contributed by atoms with Gasteiger partial charge >= 0.3 is 0 Å². The van der Waals surface area contributed by atoms with Gasteiger partial charge in [-0.05, 0) is 25.5 Å². The van der Waals surface area contributed by atoms with Crippen LogP contribution in [0.3, 0.4) is 0 Å². The molecule has 0 saturated heterocycles. The zero-order valence-electron chi connectivity index (χ0n) is 12.8. The van der Waals surface area contributed by atoms with Crippen LogP contribution in [0, 0.1) is 0 Å². The predicted molar refractivity (Wildman–Crippen MR) is 88.6 cm³/mol. The topological polar surface area (TPSA) is 68.5 Å². The van der Waals surface area contributed by atoms with Crippen LogP contribution in [0.5, 0.6) is 5.75 Å². The van der Waals surface area contributed by atoms with Gasteiger partial charge in [0, 0.05) is 6.42 Å². The Morgan fingerprint density at radius 1 is 1.39 bits per heavy atom. The number of carbonyl (C=O) groups is 1. The molecule has 2 heterocycles. The van der Waals surface area contributed by atoms with E-state index in [0.717, 1.165) is 16.4 Å². The maximum absolute atomic E-state index is 12.0. The Morgan fingerprint density at radius 2 is 2.22 bits per heavy atom. The van der Waals surface area contributed by atoms with Crippen LogP contribution in [0.1, 0.15) is 31.5 Å². The highest BCUT2D eigenvalue weighted by atomic mass is 32.1. The summed E-state index contributed by atoms with van der Waals surface area (Å²) in [6.07, 6.45) is 2.94. The second-order valence-electron chi connectivity index (χ2n) is 5.19. The highest BCUT2D eigenvalue weighted by molar-refractivity contribution is 7.14. The number of aromatic nitrogens is 3. The van der Waals surface area contributed by atoms with E-state index in [1.807, 2.05) is 43.5 Å².